The quantitative estimate of drug-likeness (QED) is 0.322. The van der Waals surface area contributed by atoms with E-state index in [1.165, 1.54) is 24.3 Å². The van der Waals surface area contributed by atoms with Crippen LogP contribution in [0.5, 0.6) is 0 Å². The minimum atomic E-state index is 0.0655. The van der Waals surface area contributed by atoms with E-state index in [2.05, 4.69) is 103 Å². The second-order valence-corrected chi connectivity index (χ2v) is 11.7. The van der Waals surface area contributed by atoms with Gasteiger partial charge in [-0.25, -0.2) is 0 Å². The summed E-state index contributed by atoms with van der Waals surface area (Å²) < 4.78 is 5.13. The van der Waals surface area contributed by atoms with Gasteiger partial charge in [0.2, 0.25) is 0 Å². The van der Waals surface area contributed by atoms with Gasteiger partial charge in [0.1, 0.15) is 0 Å². The Labute approximate surface area is 200 Å². The fourth-order valence-electron chi connectivity index (χ4n) is 3.51. The third kappa shape index (κ3) is 4.39. The van der Waals surface area contributed by atoms with Crippen LogP contribution in [0.15, 0.2) is 109 Å². The zero-order valence-corrected chi connectivity index (χ0v) is 20.5. The third-order valence-corrected chi connectivity index (χ3v) is 9.51. The number of hydrogen-bond acceptors (Lipinski definition) is 2. The fourth-order valence-corrected chi connectivity index (χ4v) is 8.27. The summed E-state index contributed by atoms with van der Waals surface area (Å²) in [4.78, 5) is 5.16. The normalized spacial score (nSPS) is 10.7. The average molecular weight is 540 g/mol. The maximum absolute atomic E-state index is 9.28. The monoisotopic (exact) mass is 542 g/mol. The van der Waals surface area contributed by atoms with Crippen LogP contribution in [-0.4, -0.2) is 34.9 Å². The van der Waals surface area contributed by atoms with Crippen LogP contribution in [0.1, 0.15) is 5.56 Å². The number of hydrogen-bond donors (Lipinski definition) is 0. The molecule has 0 aliphatic rings. The number of pyridine rings is 1. The van der Waals surface area contributed by atoms with Crippen LogP contribution in [0, 0.1) is 11.3 Å². The number of nitriles is 1. The van der Waals surface area contributed by atoms with Gasteiger partial charge in [-0.15, -0.1) is 0 Å². The number of para-hydroxylation sites is 1. The van der Waals surface area contributed by atoms with E-state index in [0.29, 0.717) is 5.56 Å². The number of fused-ring (bicyclic) bond motifs is 1. The van der Waals surface area contributed by atoms with Crippen LogP contribution in [0.4, 0.5) is 0 Å². The minimum absolute atomic E-state index is 0.0655. The van der Waals surface area contributed by atoms with Crippen molar-refractivity contribution >= 4 is 58.8 Å². The summed E-state index contributed by atoms with van der Waals surface area (Å²) in [5, 5.41) is 10.5. The van der Waals surface area contributed by atoms with Crippen molar-refractivity contribution in [1.29, 1.82) is 5.26 Å². The van der Waals surface area contributed by atoms with Gasteiger partial charge in [-0.3, -0.25) is 0 Å². The Morgan fingerprint density at radius 3 is 1.88 bits per heavy atom. The summed E-state index contributed by atoms with van der Waals surface area (Å²) in [6, 6.07) is 40.0. The second kappa shape index (κ2) is 9.53. The van der Waals surface area contributed by atoms with E-state index in [4.69, 9.17) is 4.98 Å². The van der Waals surface area contributed by atoms with Gasteiger partial charge in [-0.05, 0) is 0 Å². The van der Waals surface area contributed by atoms with Crippen molar-refractivity contribution in [3.63, 3.8) is 0 Å². The molecule has 0 aliphatic heterocycles. The van der Waals surface area contributed by atoms with Crippen LogP contribution in [0.2, 0.25) is 0 Å². The van der Waals surface area contributed by atoms with Crippen molar-refractivity contribution in [1.82, 2.24) is 4.98 Å². The summed E-state index contributed by atoms with van der Waals surface area (Å²) in [6.07, 6.45) is 0. The van der Waals surface area contributed by atoms with E-state index in [9.17, 15) is 5.26 Å². The van der Waals surface area contributed by atoms with Gasteiger partial charge in [-0.1, -0.05) is 0 Å². The molecule has 0 saturated heterocycles. The second-order valence-electron chi connectivity index (χ2n) is 7.16. The van der Waals surface area contributed by atoms with Crippen molar-refractivity contribution in [3.8, 4) is 17.2 Å². The predicted molar refractivity (Wildman–Crippen MR) is 135 cm³/mol. The van der Waals surface area contributed by atoms with Gasteiger partial charge in [0.25, 0.3) is 0 Å². The van der Waals surface area contributed by atoms with Crippen LogP contribution in [0.3, 0.4) is 0 Å². The van der Waals surface area contributed by atoms with Crippen LogP contribution >= 0.6 is 0 Å². The summed E-state index contributed by atoms with van der Waals surface area (Å²) in [5.41, 5.74) is 4.07. The number of rotatable bonds is 5. The first-order valence-electron chi connectivity index (χ1n) is 10.2. The fraction of sp³-hybridized carbons (Fsp3) is 0. The summed E-state index contributed by atoms with van der Waals surface area (Å²) in [6.45, 7) is 0. The summed E-state index contributed by atoms with van der Waals surface area (Å²) in [7, 11) is 0. The van der Waals surface area contributed by atoms with E-state index < -0.39 is 0 Å². The zero-order chi connectivity index (χ0) is 21.8. The first-order valence-corrected chi connectivity index (χ1v) is 13.6. The molecule has 0 N–H and O–H groups in total. The summed E-state index contributed by atoms with van der Waals surface area (Å²) in [5.74, 6) is 0. The molecule has 5 aromatic rings. The maximum atomic E-state index is 9.28. The van der Waals surface area contributed by atoms with Crippen LogP contribution < -0.4 is 18.0 Å². The van der Waals surface area contributed by atoms with Gasteiger partial charge in [0, 0.05) is 0 Å². The molecule has 0 bridgehead atoms. The van der Waals surface area contributed by atoms with Gasteiger partial charge < -0.3 is 0 Å². The summed E-state index contributed by atoms with van der Waals surface area (Å²) >= 11 is 0.185. The molecule has 0 aliphatic carbocycles. The molecule has 0 fully saturated rings. The SMILES string of the molecule is N#Cc1ccc(-c2c([Se]c3ccccc3)nc3ccccc3c2[Se]c2ccccc2)cc1. The van der Waals surface area contributed by atoms with E-state index in [0.717, 1.165) is 15.7 Å². The molecule has 32 heavy (non-hydrogen) atoms. The van der Waals surface area contributed by atoms with Gasteiger partial charge in [0.15, 0.2) is 0 Å². The van der Waals surface area contributed by atoms with Crippen molar-refractivity contribution in [2.24, 2.45) is 0 Å². The zero-order valence-electron chi connectivity index (χ0n) is 17.1. The molecular formula is C28H18N2Se2. The Morgan fingerprint density at radius 1 is 0.625 bits per heavy atom. The molecule has 0 amide bonds. The molecular weight excluding hydrogens is 522 g/mol. The molecule has 0 unspecified atom stereocenters. The number of aromatic nitrogens is 1. The molecule has 0 atom stereocenters. The Hall–Kier alpha value is -3.18. The van der Waals surface area contributed by atoms with Crippen LogP contribution in [-0.2, 0) is 0 Å². The Kier molecular flexibility index (Phi) is 6.17. The molecule has 5 rings (SSSR count). The average Bonchev–Trinajstić information content (AvgIpc) is 2.85. The Morgan fingerprint density at radius 2 is 1.22 bits per heavy atom. The molecule has 2 nitrogen and oxygen atoms in total. The van der Waals surface area contributed by atoms with Gasteiger partial charge in [0.05, 0.1) is 0 Å². The Balaban J connectivity index is 1.77. The van der Waals surface area contributed by atoms with Crippen molar-refractivity contribution in [3.05, 3.63) is 115 Å². The predicted octanol–water partition coefficient (Wildman–Crippen LogP) is 3.08. The van der Waals surface area contributed by atoms with Crippen molar-refractivity contribution in [2.45, 2.75) is 0 Å². The molecule has 4 heteroatoms. The van der Waals surface area contributed by atoms with Gasteiger partial charge >= 0.3 is 201 Å². The number of benzene rings is 4. The Bertz CT molecular complexity index is 1410. The van der Waals surface area contributed by atoms with Crippen molar-refractivity contribution < 1.29 is 0 Å². The molecule has 1 aromatic heterocycles. The molecule has 4 aromatic carbocycles. The van der Waals surface area contributed by atoms with E-state index in [1.54, 1.807) is 0 Å². The van der Waals surface area contributed by atoms with Crippen molar-refractivity contribution in [2.75, 3.05) is 0 Å². The van der Waals surface area contributed by atoms with Gasteiger partial charge in [-0.2, -0.15) is 0 Å². The topological polar surface area (TPSA) is 36.7 Å². The first kappa shape index (κ1) is 20.7. The number of nitrogens with zero attached hydrogens (tertiary/aromatic N) is 2. The molecule has 0 radical (unpaired) electrons. The molecule has 0 spiro atoms. The van der Waals surface area contributed by atoms with E-state index in [-0.39, 0.29) is 29.9 Å². The standard InChI is InChI=1S/C28H18N2Se2/c29-19-20-15-17-21(18-16-20)26-27(31-22-9-3-1-4-10-22)24-13-7-8-14-25(24)30-28(26)32-23-11-5-2-6-12-23/h1-18H. The first-order chi connectivity index (χ1) is 15.8. The van der Waals surface area contributed by atoms with E-state index in [1.807, 2.05) is 12.1 Å². The molecule has 1 heterocycles. The van der Waals surface area contributed by atoms with Crippen LogP contribution in [0.25, 0.3) is 22.0 Å². The third-order valence-electron chi connectivity index (χ3n) is 5.04. The molecule has 0 saturated carbocycles. The molecule has 152 valence electrons. The van der Waals surface area contributed by atoms with E-state index >= 15 is 0 Å².